The van der Waals surface area contributed by atoms with Crippen molar-refractivity contribution in [2.75, 3.05) is 6.54 Å². The van der Waals surface area contributed by atoms with Crippen molar-refractivity contribution < 1.29 is 9.72 Å². The van der Waals surface area contributed by atoms with Crippen molar-refractivity contribution in [3.63, 3.8) is 0 Å². The molecule has 1 aliphatic rings. The number of amides is 1. The zero-order valence-corrected chi connectivity index (χ0v) is 12.0. The van der Waals surface area contributed by atoms with Gasteiger partial charge in [-0.05, 0) is 40.8 Å². The van der Waals surface area contributed by atoms with Gasteiger partial charge in [0.15, 0.2) is 0 Å². The van der Waals surface area contributed by atoms with E-state index < -0.39 is 4.92 Å². The Morgan fingerprint density at radius 1 is 1.42 bits per heavy atom. The van der Waals surface area contributed by atoms with Crippen LogP contribution >= 0.6 is 15.9 Å². The van der Waals surface area contributed by atoms with E-state index in [9.17, 15) is 14.9 Å². The van der Waals surface area contributed by atoms with Crippen molar-refractivity contribution in [2.45, 2.75) is 25.7 Å². The third-order valence-corrected chi connectivity index (χ3v) is 4.29. The van der Waals surface area contributed by atoms with Crippen LogP contribution < -0.4 is 5.32 Å². The highest BCUT2D eigenvalue weighted by Gasteiger charge is 2.23. The molecule has 0 radical (unpaired) electrons. The molecule has 19 heavy (non-hydrogen) atoms. The molecule has 102 valence electrons. The van der Waals surface area contributed by atoms with E-state index in [2.05, 4.69) is 21.2 Å². The molecule has 1 unspecified atom stereocenters. The lowest BCUT2D eigenvalue weighted by atomic mass is 9.94. The van der Waals surface area contributed by atoms with Crippen molar-refractivity contribution in [2.24, 2.45) is 5.92 Å². The third-order valence-electron chi connectivity index (χ3n) is 3.37. The third kappa shape index (κ3) is 3.32. The predicted octanol–water partition coefficient (Wildman–Crippen LogP) is 2.82. The zero-order chi connectivity index (χ0) is 13.8. The lowest BCUT2D eigenvalue weighted by molar-refractivity contribution is -0.385. The van der Waals surface area contributed by atoms with E-state index in [1.165, 1.54) is 6.07 Å². The van der Waals surface area contributed by atoms with Gasteiger partial charge in [-0.1, -0.05) is 18.6 Å². The van der Waals surface area contributed by atoms with E-state index in [0.717, 1.165) is 31.4 Å². The molecule has 1 aromatic carbocycles. The Labute approximate surface area is 119 Å². The minimum atomic E-state index is -0.416. The van der Waals surface area contributed by atoms with Gasteiger partial charge in [0, 0.05) is 18.5 Å². The number of nitrogens with one attached hydrogen (secondary N) is 1. The summed E-state index contributed by atoms with van der Waals surface area (Å²) in [6, 6.07) is 4.95. The number of hydrogen-bond donors (Lipinski definition) is 1. The molecule has 1 aromatic rings. The number of rotatable bonds is 3. The van der Waals surface area contributed by atoms with Crippen molar-refractivity contribution >= 4 is 27.5 Å². The second-order valence-corrected chi connectivity index (χ2v) is 5.49. The molecule has 1 atom stereocenters. The Balaban J connectivity index is 2.20. The topological polar surface area (TPSA) is 72.2 Å². The highest BCUT2D eigenvalue weighted by Crippen LogP contribution is 2.31. The molecule has 1 amide bonds. The molecule has 6 heteroatoms. The minimum absolute atomic E-state index is 0.0477. The van der Waals surface area contributed by atoms with Crippen molar-refractivity contribution in [3.05, 3.63) is 38.3 Å². The molecular weight excluding hydrogens is 312 g/mol. The number of carbonyl (C=O) groups is 1. The average molecular weight is 327 g/mol. The first kappa shape index (κ1) is 14.0. The normalized spacial score (nSPS) is 19.6. The summed E-state index contributed by atoms with van der Waals surface area (Å²) in [5, 5.41) is 13.8. The maximum Gasteiger partial charge on any atom is 0.283 e. The summed E-state index contributed by atoms with van der Waals surface area (Å²) < 4.78 is 0.483. The van der Waals surface area contributed by atoms with Crippen LogP contribution in [-0.2, 0) is 11.2 Å². The molecular formula is C13H15BrN2O3. The van der Waals surface area contributed by atoms with Gasteiger partial charge >= 0.3 is 0 Å². The average Bonchev–Trinajstić information content (AvgIpc) is 2.57. The molecule has 2 rings (SSSR count). The largest absolute Gasteiger partial charge is 0.356 e. The van der Waals surface area contributed by atoms with Gasteiger partial charge < -0.3 is 5.32 Å². The number of benzene rings is 1. The molecule has 1 fully saturated rings. The van der Waals surface area contributed by atoms with Crippen LogP contribution in [0.1, 0.15) is 24.8 Å². The van der Waals surface area contributed by atoms with Crippen LogP contribution in [0.25, 0.3) is 0 Å². The second-order valence-electron chi connectivity index (χ2n) is 4.70. The highest BCUT2D eigenvalue weighted by molar-refractivity contribution is 9.10. The van der Waals surface area contributed by atoms with Crippen LogP contribution in [0.15, 0.2) is 22.7 Å². The van der Waals surface area contributed by atoms with E-state index in [4.69, 9.17) is 0 Å². The molecule has 1 heterocycles. The molecule has 1 saturated heterocycles. The summed E-state index contributed by atoms with van der Waals surface area (Å²) in [5.41, 5.74) is 0.864. The summed E-state index contributed by atoms with van der Waals surface area (Å²) in [5.74, 6) is -0.0447. The van der Waals surface area contributed by atoms with Crippen molar-refractivity contribution in [3.8, 4) is 0 Å². The molecule has 0 aliphatic carbocycles. The fourth-order valence-electron chi connectivity index (χ4n) is 2.33. The summed E-state index contributed by atoms with van der Waals surface area (Å²) in [4.78, 5) is 22.4. The molecule has 5 nitrogen and oxygen atoms in total. The van der Waals surface area contributed by atoms with Crippen LogP contribution in [-0.4, -0.2) is 17.4 Å². The van der Waals surface area contributed by atoms with Gasteiger partial charge in [-0.3, -0.25) is 14.9 Å². The van der Waals surface area contributed by atoms with Crippen LogP contribution in [0.5, 0.6) is 0 Å². The van der Waals surface area contributed by atoms with Crippen LogP contribution in [0, 0.1) is 16.0 Å². The Morgan fingerprint density at radius 2 is 2.21 bits per heavy atom. The van der Waals surface area contributed by atoms with Gasteiger partial charge in [-0.25, -0.2) is 0 Å². The van der Waals surface area contributed by atoms with Gasteiger partial charge in [0.25, 0.3) is 5.69 Å². The number of nitro benzene ring substituents is 1. The predicted molar refractivity (Wildman–Crippen MR) is 74.9 cm³/mol. The van der Waals surface area contributed by atoms with Gasteiger partial charge in [-0.15, -0.1) is 0 Å². The maximum atomic E-state index is 11.9. The first-order valence-electron chi connectivity index (χ1n) is 6.29. The molecule has 0 spiro atoms. The zero-order valence-electron chi connectivity index (χ0n) is 10.4. The number of nitro groups is 1. The van der Waals surface area contributed by atoms with E-state index in [1.54, 1.807) is 6.07 Å². The lowest BCUT2D eigenvalue weighted by Crippen LogP contribution is -2.30. The Morgan fingerprint density at radius 3 is 2.95 bits per heavy atom. The maximum absolute atomic E-state index is 11.9. The van der Waals surface area contributed by atoms with Crippen molar-refractivity contribution in [1.82, 2.24) is 5.32 Å². The first-order valence-corrected chi connectivity index (χ1v) is 7.08. The number of hydrogen-bond acceptors (Lipinski definition) is 3. The fraction of sp³-hybridized carbons (Fsp3) is 0.462. The monoisotopic (exact) mass is 326 g/mol. The lowest BCUT2D eigenvalue weighted by Gasteiger charge is -2.14. The quantitative estimate of drug-likeness (QED) is 0.685. The first-order chi connectivity index (χ1) is 9.09. The van der Waals surface area contributed by atoms with Crippen molar-refractivity contribution in [1.29, 1.82) is 0 Å². The Bertz CT molecular complexity index is 505. The molecule has 0 aromatic heterocycles. The summed E-state index contributed by atoms with van der Waals surface area (Å²) in [6.45, 7) is 0.728. The summed E-state index contributed by atoms with van der Waals surface area (Å²) in [6.07, 6.45) is 3.38. The number of nitrogens with zero attached hydrogens (tertiary/aromatic N) is 1. The van der Waals surface area contributed by atoms with Crippen LogP contribution in [0.2, 0.25) is 0 Å². The highest BCUT2D eigenvalue weighted by atomic mass is 79.9. The summed E-state index contributed by atoms with van der Waals surface area (Å²) >= 11 is 3.27. The fourth-order valence-corrected chi connectivity index (χ4v) is 2.90. The molecule has 1 aliphatic heterocycles. The number of carbonyl (C=O) groups excluding carboxylic acids is 1. The molecule has 0 saturated carbocycles. The van der Waals surface area contributed by atoms with Gasteiger partial charge in [0.1, 0.15) is 0 Å². The Hall–Kier alpha value is -1.43. The Kier molecular flexibility index (Phi) is 4.52. The van der Waals surface area contributed by atoms with Crippen LogP contribution in [0.4, 0.5) is 5.69 Å². The van der Waals surface area contributed by atoms with Crippen LogP contribution in [0.3, 0.4) is 0 Å². The van der Waals surface area contributed by atoms with Gasteiger partial charge in [0.2, 0.25) is 5.91 Å². The van der Waals surface area contributed by atoms with Gasteiger partial charge in [-0.2, -0.15) is 0 Å². The second kappa shape index (κ2) is 6.14. The van der Waals surface area contributed by atoms with E-state index >= 15 is 0 Å². The molecule has 1 N–H and O–H groups in total. The standard InChI is InChI=1S/C13H15BrN2O3/c14-12-9(5-3-6-11(12)16(18)19)8-10-4-1-2-7-15-13(10)17/h3,5-6,10H,1-2,4,7-8H2,(H,15,17). The smallest absolute Gasteiger partial charge is 0.283 e. The summed E-state index contributed by atoms with van der Waals surface area (Å²) in [7, 11) is 0. The van der Waals surface area contributed by atoms with E-state index in [1.807, 2.05) is 6.07 Å². The SMILES string of the molecule is O=C1NCCCCC1Cc1cccc([N+](=O)[O-])c1Br. The van der Waals surface area contributed by atoms with Gasteiger partial charge in [0.05, 0.1) is 9.40 Å². The minimum Gasteiger partial charge on any atom is -0.356 e. The van der Waals surface area contributed by atoms with E-state index in [-0.39, 0.29) is 17.5 Å². The molecule has 0 bridgehead atoms. The number of halogens is 1. The van der Waals surface area contributed by atoms with E-state index in [0.29, 0.717) is 10.9 Å².